The molecule has 0 radical (unpaired) electrons. The number of aromatic nitrogens is 2. The average Bonchev–Trinajstić information content (AvgIpc) is 3.28. The van der Waals surface area contributed by atoms with Crippen LogP contribution in [0.1, 0.15) is 43.4 Å². The van der Waals surface area contributed by atoms with Crippen molar-refractivity contribution >= 4 is 23.4 Å². The lowest BCUT2D eigenvalue weighted by atomic mass is 10.0. The van der Waals surface area contributed by atoms with Crippen LogP contribution < -0.4 is 0 Å². The molecule has 2 heterocycles. The van der Waals surface area contributed by atoms with E-state index in [9.17, 15) is 14.0 Å². The predicted octanol–water partition coefficient (Wildman–Crippen LogP) is 5.36. The summed E-state index contributed by atoms with van der Waals surface area (Å²) < 4.78 is 16.2. The molecule has 1 aliphatic rings. The average molecular weight is 460 g/mol. The molecule has 33 heavy (non-hydrogen) atoms. The first-order valence-corrected chi connectivity index (χ1v) is 10.8. The highest BCUT2D eigenvalue weighted by Crippen LogP contribution is 2.29. The van der Waals surface area contributed by atoms with Crippen LogP contribution in [0.3, 0.4) is 0 Å². The predicted molar refractivity (Wildman–Crippen MR) is 123 cm³/mol. The van der Waals surface area contributed by atoms with E-state index >= 15 is 0 Å². The third kappa shape index (κ3) is 3.72. The molecule has 4 aromatic rings. The highest BCUT2D eigenvalue weighted by molar-refractivity contribution is 6.30. The standard InChI is InChI=1S/C26H19ClFN3O2/c1-16-29-14-20(15-30-25(32)21-7-3-4-8-22(21)26(30)33)31(16)24-11-10-19(27)13-18(24)12-17-6-2-5-9-23(17)28/h2-11,13-14H,12,15H2,1H3. The molecule has 0 bridgehead atoms. The summed E-state index contributed by atoms with van der Waals surface area (Å²) in [5.74, 6) is -0.275. The van der Waals surface area contributed by atoms with Gasteiger partial charge in [0.2, 0.25) is 0 Å². The number of imide groups is 1. The van der Waals surface area contributed by atoms with Gasteiger partial charge in [0.05, 0.1) is 35.2 Å². The maximum absolute atomic E-state index is 14.4. The van der Waals surface area contributed by atoms with Crippen LogP contribution >= 0.6 is 11.6 Å². The minimum atomic E-state index is -0.330. The van der Waals surface area contributed by atoms with Crippen molar-refractivity contribution in [2.45, 2.75) is 19.9 Å². The molecule has 5 rings (SSSR count). The second kappa shape index (κ2) is 8.30. The summed E-state index contributed by atoms with van der Waals surface area (Å²) in [5, 5.41) is 0.532. The van der Waals surface area contributed by atoms with Crippen LogP contribution in [0.15, 0.2) is 72.9 Å². The van der Waals surface area contributed by atoms with E-state index in [4.69, 9.17) is 11.6 Å². The lowest BCUT2D eigenvalue weighted by Gasteiger charge is -2.19. The van der Waals surface area contributed by atoms with Crippen LogP contribution in [0.2, 0.25) is 5.02 Å². The number of benzene rings is 3. The summed E-state index contributed by atoms with van der Waals surface area (Å²) in [4.78, 5) is 31.4. The Labute approximate surface area is 195 Å². The van der Waals surface area contributed by atoms with Crippen LogP contribution in [0, 0.1) is 12.7 Å². The summed E-state index contributed by atoms with van der Waals surface area (Å²) in [5.41, 5.74) is 3.58. The van der Waals surface area contributed by atoms with E-state index in [1.807, 2.05) is 17.6 Å². The Morgan fingerprint density at radius 3 is 2.27 bits per heavy atom. The van der Waals surface area contributed by atoms with Crippen LogP contribution in [0.25, 0.3) is 5.69 Å². The highest BCUT2D eigenvalue weighted by Gasteiger charge is 2.35. The quantitative estimate of drug-likeness (QED) is 0.377. The van der Waals surface area contributed by atoms with Gasteiger partial charge in [0, 0.05) is 11.4 Å². The molecule has 0 spiro atoms. The first-order valence-electron chi connectivity index (χ1n) is 10.4. The molecular formula is C26H19ClFN3O2. The van der Waals surface area contributed by atoms with E-state index in [0.717, 1.165) is 11.3 Å². The topological polar surface area (TPSA) is 55.2 Å². The second-order valence-corrected chi connectivity index (χ2v) is 8.35. The molecule has 0 aliphatic carbocycles. The molecule has 0 saturated heterocycles. The molecule has 7 heteroatoms. The molecule has 164 valence electrons. The van der Waals surface area contributed by atoms with Gasteiger partial charge in [0.1, 0.15) is 11.6 Å². The summed E-state index contributed by atoms with van der Waals surface area (Å²) in [6.07, 6.45) is 1.98. The second-order valence-electron chi connectivity index (χ2n) is 7.92. The van der Waals surface area contributed by atoms with Gasteiger partial charge in [-0.2, -0.15) is 0 Å². The number of nitrogens with zero attached hydrogens (tertiary/aromatic N) is 3. The Kier molecular flexibility index (Phi) is 5.30. The van der Waals surface area contributed by atoms with Gasteiger partial charge in [-0.1, -0.05) is 41.9 Å². The third-order valence-corrected chi connectivity index (χ3v) is 6.07. The lowest BCUT2D eigenvalue weighted by Crippen LogP contribution is -2.30. The van der Waals surface area contributed by atoms with Gasteiger partial charge in [-0.3, -0.25) is 19.1 Å². The smallest absolute Gasteiger partial charge is 0.261 e. The molecule has 1 aromatic heterocycles. The number of halogens is 2. The molecule has 3 aromatic carbocycles. The Bertz CT molecular complexity index is 1380. The maximum Gasteiger partial charge on any atom is 0.261 e. The number of imidazole rings is 1. The molecule has 2 amide bonds. The summed E-state index contributed by atoms with van der Waals surface area (Å²) in [6.45, 7) is 1.91. The Morgan fingerprint density at radius 2 is 1.58 bits per heavy atom. The first-order chi connectivity index (χ1) is 15.9. The van der Waals surface area contributed by atoms with Crippen molar-refractivity contribution in [1.29, 1.82) is 0 Å². The van der Waals surface area contributed by atoms with Crippen LogP contribution in [0.5, 0.6) is 0 Å². The minimum absolute atomic E-state index is 0.0644. The molecule has 0 atom stereocenters. The number of rotatable bonds is 5. The van der Waals surface area contributed by atoms with Crippen molar-refractivity contribution < 1.29 is 14.0 Å². The summed E-state index contributed by atoms with van der Waals surface area (Å²) in [7, 11) is 0. The monoisotopic (exact) mass is 459 g/mol. The number of carbonyl (C=O) groups is 2. The Hall–Kier alpha value is -3.77. The van der Waals surface area contributed by atoms with Crippen molar-refractivity contribution in [3.05, 3.63) is 118 Å². The number of hydrogen-bond acceptors (Lipinski definition) is 3. The zero-order chi connectivity index (χ0) is 23.1. The van der Waals surface area contributed by atoms with E-state index in [-0.39, 0.29) is 24.2 Å². The van der Waals surface area contributed by atoms with Crippen molar-refractivity contribution in [2.24, 2.45) is 0 Å². The third-order valence-electron chi connectivity index (χ3n) is 5.83. The molecule has 0 unspecified atom stereocenters. The van der Waals surface area contributed by atoms with Crippen molar-refractivity contribution in [3.63, 3.8) is 0 Å². The summed E-state index contributed by atoms with van der Waals surface area (Å²) >= 11 is 6.27. The Balaban J connectivity index is 1.54. The van der Waals surface area contributed by atoms with Crippen molar-refractivity contribution in [3.8, 4) is 5.69 Å². The van der Waals surface area contributed by atoms with E-state index in [0.29, 0.717) is 39.7 Å². The summed E-state index contributed by atoms with van der Waals surface area (Å²) in [6, 6.07) is 18.8. The van der Waals surface area contributed by atoms with Crippen LogP contribution in [-0.4, -0.2) is 26.3 Å². The number of carbonyl (C=O) groups excluding carboxylic acids is 2. The zero-order valence-electron chi connectivity index (χ0n) is 17.8. The van der Waals surface area contributed by atoms with Gasteiger partial charge in [0.15, 0.2) is 0 Å². The molecular weight excluding hydrogens is 441 g/mol. The van der Waals surface area contributed by atoms with Gasteiger partial charge in [-0.15, -0.1) is 0 Å². The van der Waals surface area contributed by atoms with Gasteiger partial charge >= 0.3 is 0 Å². The number of amides is 2. The minimum Gasteiger partial charge on any atom is -0.299 e. The van der Waals surface area contributed by atoms with Crippen molar-refractivity contribution in [1.82, 2.24) is 14.5 Å². The fourth-order valence-electron chi connectivity index (χ4n) is 4.24. The highest BCUT2D eigenvalue weighted by atomic mass is 35.5. The molecule has 5 nitrogen and oxygen atoms in total. The molecule has 1 aliphatic heterocycles. The fourth-order valence-corrected chi connectivity index (χ4v) is 4.43. The van der Waals surface area contributed by atoms with Crippen LogP contribution in [-0.2, 0) is 13.0 Å². The molecule has 0 saturated carbocycles. The largest absolute Gasteiger partial charge is 0.299 e. The van der Waals surface area contributed by atoms with E-state index in [2.05, 4.69) is 4.98 Å². The van der Waals surface area contributed by atoms with Gasteiger partial charge in [-0.05, 0) is 54.4 Å². The Morgan fingerprint density at radius 1 is 0.909 bits per heavy atom. The van der Waals surface area contributed by atoms with Gasteiger partial charge in [0.25, 0.3) is 11.8 Å². The van der Waals surface area contributed by atoms with E-state index < -0.39 is 0 Å². The normalized spacial score (nSPS) is 13.0. The number of hydrogen-bond donors (Lipinski definition) is 0. The maximum atomic E-state index is 14.4. The first kappa shape index (κ1) is 21.1. The van der Waals surface area contributed by atoms with Gasteiger partial charge in [-0.25, -0.2) is 9.37 Å². The van der Waals surface area contributed by atoms with Crippen LogP contribution in [0.4, 0.5) is 4.39 Å². The fraction of sp³-hybridized carbons (Fsp3) is 0.115. The zero-order valence-corrected chi connectivity index (χ0v) is 18.5. The number of fused-ring (bicyclic) bond motifs is 1. The number of aryl methyl sites for hydroxylation is 1. The van der Waals surface area contributed by atoms with E-state index in [1.54, 1.807) is 60.8 Å². The lowest BCUT2D eigenvalue weighted by molar-refractivity contribution is 0.0639. The van der Waals surface area contributed by atoms with Gasteiger partial charge < -0.3 is 0 Å². The van der Waals surface area contributed by atoms with Crippen molar-refractivity contribution in [2.75, 3.05) is 0 Å². The van der Waals surface area contributed by atoms with E-state index in [1.165, 1.54) is 11.0 Å². The molecule has 0 N–H and O–H groups in total. The SMILES string of the molecule is Cc1ncc(CN2C(=O)c3ccccc3C2=O)n1-c1ccc(Cl)cc1Cc1ccccc1F. The molecule has 0 fully saturated rings.